The van der Waals surface area contributed by atoms with Gasteiger partial charge in [-0.2, -0.15) is 0 Å². The number of Topliss-reactive ketones (excluding diaryl/α,β-unsaturated/α-hetero) is 1. The van der Waals surface area contributed by atoms with Crippen molar-refractivity contribution in [1.29, 1.82) is 0 Å². The number of benzene rings is 1. The van der Waals surface area contributed by atoms with Crippen LogP contribution in [-0.2, 0) is 0 Å². The van der Waals surface area contributed by atoms with Crippen molar-refractivity contribution in [2.24, 2.45) is 0 Å². The van der Waals surface area contributed by atoms with Crippen LogP contribution in [-0.4, -0.2) is 10.8 Å². The van der Waals surface area contributed by atoms with E-state index in [9.17, 15) is 4.79 Å². The van der Waals surface area contributed by atoms with Crippen LogP contribution in [0.5, 0.6) is 5.75 Å². The smallest absolute Gasteiger partial charge is 0.170 e. The third kappa shape index (κ3) is 1.88. The fourth-order valence-electron chi connectivity index (χ4n) is 2.16. The lowest BCUT2D eigenvalue weighted by Crippen LogP contribution is -2.21. The average Bonchev–Trinajstić information content (AvgIpc) is 2.39. The zero-order chi connectivity index (χ0) is 12.5. The van der Waals surface area contributed by atoms with E-state index in [1.54, 1.807) is 6.20 Å². The van der Waals surface area contributed by atoms with Crippen LogP contribution in [0.1, 0.15) is 34.1 Å². The molecular weight excluding hydrogens is 226 g/mol. The predicted molar refractivity (Wildman–Crippen MR) is 67.7 cm³/mol. The maximum atomic E-state index is 12.1. The van der Waals surface area contributed by atoms with Gasteiger partial charge in [-0.15, -0.1) is 0 Å². The molecule has 1 aromatic heterocycles. The summed E-state index contributed by atoms with van der Waals surface area (Å²) in [6, 6.07) is 11.3. The molecule has 0 saturated heterocycles. The van der Waals surface area contributed by atoms with Gasteiger partial charge in [0.2, 0.25) is 0 Å². The summed E-state index contributed by atoms with van der Waals surface area (Å²) >= 11 is 0. The van der Waals surface area contributed by atoms with E-state index in [1.807, 2.05) is 43.3 Å². The number of aryl methyl sites for hydroxylation is 1. The van der Waals surface area contributed by atoms with Gasteiger partial charge >= 0.3 is 0 Å². The van der Waals surface area contributed by atoms with E-state index in [1.165, 1.54) is 0 Å². The van der Waals surface area contributed by atoms with Gasteiger partial charge in [0.1, 0.15) is 11.9 Å². The van der Waals surface area contributed by atoms with E-state index >= 15 is 0 Å². The Bertz CT molecular complexity index is 593. The fraction of sp³-hybridized carbons (Fsp3) is 0.200. The molecule has 90 valence electrons. The van der Waals surface area contributed by atoms with Gasteiger partial charge in [-0.25, -0.2) is 0 Å². The van der Waals surface area contributed by atoms with E-state index in [-0.39, 0.29) is 11.9 Å². The molecule has 3 nitrogen and oxygen atoms in total. The molecule has 18 heavy (non-hydrogen) atoms. The summed E-state index contributed by atoms with van der Waals surface area (Å²) < 4.78 is 5.89. The molecule has 2 heterocycles. The summed E-state index contributed by atoms with van der Waals surface area (Å²) in [6.45, 7) is 1.98. The molecule has 1 unspecified atom stereocenters. The molecule has 1 aliphatic rings. The van der Waals surface area contributed by atoms with E-state index in [0.29, 0.717) is 17.7 Å². The quantitative estimate of drug-likeness (QED) is 0.767. The van der Waals surface area contributed by atoms with Gasteiger partial charge in [0.15, 0.2) is 5.78 Å². The Morgan fingerprint density at radius 1 is 1.28 bits per heavy atom. The van der Waals surface area contributed by atoms with Gasteiger partial charge in [-0.05, 0) is 36.8 Å². The van der Waals surface area contributed by atoms with Gasteiger partial charge in [0.05, 0.1) is 17.7 Å². The summed E-state index contributed by atoms with van der Waals surface area (Å²) in [5, 5.41) is 0. The second kappa shape index (κ2) is 4.26. The van der Waals surface area contributed by atoms with E-state index in [0.717, 1.165) is 11.3 Å². The first-order chi connectivity index (χ1) is 8.74. The van der Waals surface area contributed by atoms with Gasteiger partial charge in [0, 0.05) is 6.20 Å². The van der Waals surface area contributed by atoms with Gasteiger partial charge in [0.25, 0.3) is 0 Å². The zero-order valence-corrected chi connectivity index (χ0v) is 10.1. The molecule has 2 aromatic rings. The Morgan fingerprint density at radius 2 is 2.17 bits per heavy atom. The van der Waals surface area contributed by atoms with Crippen molar-refractivity contribution in [2.75, 3.05) is 0 Å². The predicted octanol–water partition coefficient (Wildman–Crippen LogP) is 3.10. The third-order valence-electron chi connectivity index (χ3n) is 3.10. The lowest BCUT2D eigenvalue weighted by Gasteiger charge is -2.25. The highest BCUT2D eigenvalue weighted by Gasteiger charge is 2.28. The molecule has 0 fully saturated rings. The highest BCUT2D eigenvalue weighted by Crippen LogP contribution is 2.34. The number of carbonyl (C=O) groups is 1. The molecular formula is C15H13NO2. The number of ketones is 1. The first-order valence-electron chi connectivity index (χ1n) is 5.95. The Kier molecular flexibility index (Phi) is 2.59. The fourth-order valence-corrected chi connectivity index (χ4v) is 2.16. The number of fused-ring (bicyclic) bond motifs is 1. The number of nitrogens with zero attached hydrogens (tertiary/aromatic N) is 1. The van der Waals surface area contributed by atoms with Crippen LogP contribution in [0.4, 0.5) is 0 Å². The van der Waals surface area contributed by atoms with Crippen LogP contribution in [0.3, 0.4) is 0 Å². The number of aromatic nitrogens is 1. The van der Waals surface area contributed by atoms with Crippen molar-refractivity contribution in [3.8, 4) is 5.75 Å². The van der Waals surface area contributed by atoms with Crippen molar-refractivity contribution in [3.63, 3.8) is 0 Å². The van der Waals surface area contributed by atoms with Crippen LogP contribution in [0, 0.1) is 6.92 Å². The number of pyridine rings is 1. The Hall–Kier alpha value is -2.16. The molecule has 1 aromatic carbocycles. The molecule has 0 aliphatic carbocycles. The average molecular weight is 239 g/mol. The van der Waals surface area contributed by atoms with Crippen LogP contribution >= 0.6 is 0 Å². The molecule has 0 amide bonds. The molecule has 3 rings (SSSR count). The van der Waals surface area contributed by atoms with Crippen LogP contribution in [0.25, 0.3) is 0 Å². The van der Waals surface area contributed by atoms with Gasteiger partial charge in [-0.3, -0.25) is 9.78 Å². The second-order valence-electron chi connectivity index (χ2n) is 4.49. The van der Waals surface area contributed by atoms with E-state index < -0.39 is 0 Å². The minimum Gasteiger partial charge on any atom is -0.483 e. The maximum Gasteiger partial charge on any atom is 0.170 e. The van der Waals surface area contributed by atoms with Gasteiger partial charge < -0.3 is 4.74 Å². The molecule has 0 spiro atoms. The van der Waals surface area contributed by atoms with Crippen molar-refractivity contribution in [1.82, 2.24) is 4.98 Å². The molecule has 1 atom stereocenters. The summed E-state index contributed by atoms with van der Waals surface area (Å²) in [6.07, 6.45) is 1.80. The minimum atomic E-state index is -0.270. The molecule has 3 heteroatoms. The lowest BCUT2D eigenvalue weighted by molar-refractivity contribution is 0.0844. The monoisotopic (exact) mass is 239 g/mol. The molecule has 0 N–H and O–H groups in total. The highest BCUT2D eigenvalue weighted by atomic mass is 16.5. The summed E-state index contributed by atoms with van der Waals surface area (Å²) in [4.78, 5) is 16.3. The highest BCUT2D eigenvalue weighted by molar-refractivity contribution is 6.00. The summed E-state index contributed by atoms with van der Waals surface area (Å²) in [7, 11) is 0. The number of carbonyl (C=O) groups excluding carboxylic acids is 1. The van der Waals surface area contributed by atoms with Crippen molar-refractivity contribution >= 4 is 5.78 Å². The van der Waals surface area contributed by atoms with E-state index in [2.05, 4.69) is 4.98 Å². The Balaban J connectivity index is 1.98. The van der Waals surface area contributed by atoms with Crippen molar-refractivity contribution < 1.29 is 9.53 Å². The number of hydrogen-bond donors (Lipinski definition) is 0. The van der Waals surface area contributed by atoms with Crippen molar-refractivity contribution in [2.45, 2.75) is 19.4 Å². The lowest BCUT2D eigenvalue weighted by atomic mass is 9.98. The third-order valence-corrected chi connectivity index (χ3v) is 3.10. The Labute approximate surface area is 105 Å². The Morgan fingerprint density at radius 3 is 2.94 bits per heavy atom. The first kappa shape index (κ1) is 11.0. The van der Waals surface area contributed by atoms with Gasteiger partial charge in [-0.1, -0.05) is 12.1 Å². The summed E-state index contributed by atoms with van der Waals surface area (Å²) in [5.41, 5.74) is 2.56. The minimum absolute atomic E-state index is 0.118. The number of rotatable bonds is 1. The van der Waals surface area contributed by atoms with Crippen molar-refractivity contribution in [3.05, 3.63) is 59.4 Å². The standard InChI is InChI=1S/C15H13NO2/c1-10-5-6-11-13(17)9-15(18-14(11)8-10)12-4-2-3-7-16-12/h2-8,15H,9H2,1H3. The second-order valence-corrected chi connectivity index (χ2v) is 4.49. The van der Waals surface area contributed by atoms with Crippen LogP contribution in [0.2, 0.25) is 0 Å². The number of ether oxygens (including phenoxy) is 1. The molecule has 0 radical (unpaired) electrons. The molecule has 0 bridgehead atoms. The van der Waals surface area contributed by atoms with E-state index in [4.69, 9.17) is 4.74 Å². The first-order valence-corrected chi connectivity index (χ1v) is 5.95. The largest absolute Gasteiger partial charge is 0.483 e. The topological polar surface area (TPSA) is 39.2 Å². The molecule has 1 aliphatic heterocycles. The zero-order valence-electron chi connectivity index (χ0n) is 10.1. The number of hydrogen-bond acceptors (Lipinski definition) is 3. The maximum absolute atomic E-state index is 12.1. The normalized spacial score (nSPS) is 18.1. The SMILES string of the molecule is Cc1ccc2c(c1)OC(c1ccccn1)CC2=O. The van der Waals surface area contributed by atoms with Crippen LogP contribution < -0.4 is 4.74 Å². The van der Waals surface area contributed by atoms with Crippen LogP contribution in [0.15, 0.2) is 42.6 Å². The summed E-state index contributed by atoms with van der Waals surface area (Å²) in [5.74, 6) is 0.786. The molecule has 0 saturated carbocycles.